The van der Waals surface area contributed by atoms with Gasteiger partial charge in [0, 0.05) is 0 Å². The second-order valence-corrected chi connectivity index (χ2v) is 4.09. The van der Waals surface area contributed by atoms with Crippen molar-refractivity contribution in [1.29, 1.82) is 0 Å². The van der Waals surface area contributed by atoms with Crippen molar-refractivity contribution in [2.75, 3.05) is 6.61 Å². The number of halogens is 2. The number of ether oxygens (including phenoxy) is 1. The minimum absolute atomic E-state index is 0.0993. The molecular weight excluding hydrogens is 254 g/mol. The van der Waals surface area contributed by atoms with Gasteiger partial charge in [-0.25, -0.2) is 13.8 Å². The summed E-state index contributed by atoms with van der Waals surface area (Å²) in [5.74, 6) is -2.71. The maximum Gasteiger partial charge on any atom is 0.316 e. The molecule has 1 aromatic carbocycles. The van der Waals surface area contributed by atoms with Crippen molar-refractivity contribution in [3.05, 3.63) is 29.6 Å². The molecule has 1 atom stereocenters. The normalized spacial score (nSPS) is 12.6. The Kier molecular flexibility index (Phi) is 3.78. The highest BCUT2D eigenvalue weighted by atomic mass is 19.2. The number of aromatic nitrogens is 2. The third kappa shape index (κ3) is 2.43. The van der Waals surface area contributed by atoms with Crippen molar-refractivity contribution < 1.29 is 18.3 Å². The molecule has 1 aromatic heterocycles. The third-order valence-corrected chi connectivity index (χ3v) is 2.87. The van der Waals surface area contributed by atoms with Gasteiger partial charge in [-0.1, -0.05) is 6.92 Å². The first-order valence-corrected chi connectivity index (χ1v) is 6.08. The number of nitrogens with zero attached hydrogens (tertiary/aromatic N) is 1. The number of H-pyrrole nitrogens is 1. The predicted molar refractivity (Wildman–Crippen MR) is 65.7 cm³/mol. The summed E-state index contributed by atoms with van der Waals surface area (Å²) in [6.07, 6.45) is 0.461. The van der Waals surface area contributed by atoms with Crippen LogP contribution in [-0.2, 0) is 9.53 Å². The molecule has 0 aliphatic heterocycles. The first-order chi connectivity index (χ1) is 9.08. The molecule has 0 fully saturated rings. The van der Waals surface area contributed by atoms with Crippen molar-refractivity contribution in [3.8, 4) is 0 Å². The van der Waals surface area contributed by atoms with Gasteiger partial charge >= 0.3 is 5.97 Å². The van der Waals surface area contributed by atoms with Crippen molar-refractivity contribution in [3.63, 3.8) is 0 Å². The molecule has 0 aliphatic carbocycles. The number of imidazole rings is 1. The molecule has 2 rings (SSSR count). The Morgan fingerprint density at radius 1 is 1.42 bits per heavy atom. The largest absolute Gasteiger partial charge is 0.465 e. The monoisotopic (exact) mass is 268 g/mol. The minimum atomic E-state index is -1.02. The van der Waals surface area contributed by atoms with E-state index in [4.69, 9.17) is 4.74 Å². The van der Waals surface area contributed by atoms with Gasteiger partial charge < -0.3 is 9.72 Å². The van der Waals surface area contributed by atoms with Crippen LogP contribution in [0.1, 0.15) is 32.0 Å². The summed E-state index contributed by atoms with van der Waals surface area (Å²) >= 11 is 0. The maximum absolute atomic E-state index is 13.6. The van der Waals surface area contributed by atoms with E-state index in [1.807, 2.05) is 0 Å². The molecule has 0 saturated carbocycles. The SMILES string of the molecule is CCOC(=O)C(CC)c1nc2c(F)c(F)ccc2[nH]1. The molecule has 2 aromatic rings. The van der Waals surface area contributed by atoms with Crippen LogP contribution in [0.2, 0.25) is 0 Å². The zero-order valence-corrected chi connectivity index (χ0v) is 10.7. The number of nitrogens with one attached hydrogen (secondary N) is 1. The van der Waals surface area contributed by atoms with Gasteiger partial charge in [0.1, 0.15) is 17.3 Å². The van der Waals surface area contributed by atoms with Crippen molar-refractivity contribution >= 4 is 17.0 Å². The Labute approximate surface area is 108 Å². The number of carbonyl (C=O) groups is 1. The third-order valence-electron chi connectivity index (χ3n) is 2.87. The number of carbonyl (C=O) groups excluding carboxylic acids is 1. The highest BCUT2D eigenvalue weighted by Crippen LogP contribution is 2.24. The lowest BCUT2D eigenvalue weighted by molar-refractivity contribution is -0.145. The average Bonchev–Trinajstić information content (AvgIpc) is 2.80. The summed E-state index contributed by atoms with van der Waals surface area (Å²) in [5, 5.41) is 0. The van der Waals surface area contributed by atoms with Crippen molar-refractivity contribution in [2.45, 2.75) is 26.2 Å². The molecule has 6 heteroatoms. The second-order valence-electron chi connectivity index (χ2n) is 4.09. The fourth-order valence-electron chi connectivity index (χ4n) is 1.92. The molecule has 1 unspecified atom stereocenters. The smallest absolute Gasteiger partial charge is 0.316 e. The topological polar surface area (TPSA) is 55.0 Å². The first-order valence-electron chi connectivity index (χ1n) is 6.08. The maximum atomic E-state index is 13.6. The second kappa shape index (κ2) is 5.34. The number of hydrogen-bond donors (Lipinski definition) is 1. The molecular formula is C13H14F2N2O2. The summed E-state index contributed by atoms with van der Waals surface area (Å²) < 4.78 is 31.6. The number of hydrogen-bond acceptors (Lipinski definition) is 3. The standard InChI is InChI=1S/C13H14F2N2O2/c1-3-7(13(18)19-4-2)12-16-9-6-5-8(14)10(15)11(9)17-12/h5-7H,3-4H2,1-2H3,(H,16,17). The van der Waals surface area contributed by atoms with Crippen molar-refractivity contribution in [2.24, 2.45) is 0 Å². The fourth-order valence-corrected chi connectivity index (χ4v) is 1.92. The summed E-state index contributed by atoms with van der Waals surface area (Å²) in [6.45, 7) is 3.77. The molecule has 0 saturated heterocycles. The van der Waals surface area contributed by atoms with Gasteiger partial charge in [-0.3, -0.25) is 4.79 Å². The highest BCUT2D eigenvalue weighted by Gasteiger charge is 2.24. The lowest BCUT2D eigenvalue weighted by atomic mass is 10.1. The number of esters is 1. The number of rotatable bonds is 4. The number of aromatic amines is 1. The van der Waals surface area contributed by atoms with E-state index in [0.717, 1.165) is 6.07 Å². The lowest BCUT2D eigenvalue weighted by Gasteiger charge is -2.10. The van der Waals surface area contributed by atoms with E-state index >= 15 is 0 Å². The van der Waals surface area contributed by atoms with Gasteiger partial charge in [0.15, 0.2) is 11.6 Å². The van der Waals surface area contributed by atoms with Crippen LogP contribution >= 0.6 is 0 Å². The fraction of sp³-hybridized carbons (Fsp3) is 0.385. The molecule has 4 nitrogen and oxygen atoms in total. The summed E-state index contributed by atoms with van der Waals surface area (Å²) in [5.41, 5.74) is 0.259. The van der Waals surface area contributed by atoms with Gasteiger partial charge in [0.25, 0.3) is 0 Å². The Bertz CT molecular complexity index is 610. The van der Waals surface area contributed by atoms with Crippen LogP contribution in [-0.4, -0.2) is 22.5 Å². The van der Waals surface area contributed by atoms with E-state index in [-0.39, 0.29) is 12.1 Å². The van der Waals surface area contributed by atoms with Crippen molar-refractivity contribution in [1.82, 2.24) is 9.97 Å². The number of benzene rings is 1. The van der Waals surface area contributed by atoms with Crippen LogP contribution < -0.4 is 0 Å². The van der Waals surface area contributed by atoms with Gasteiger partial charge in [0.2, 0.25) is 0 Å². The van der Waals surface area contributed by atoms with E-state index in [1.165, 1.54) is 6.07 Å². The molecule has 0 bridgehead atoms. The minimum Gasteiger partial charge on any atom is -0.465 e. The van der Waals surface area contributed by atoms with Gasteiger partial charge in [-0.2, -0.15) is 0 Å². The zero-order chi connectivity index (χ0) is 14.0. The van der Waals surface area contributed by atoms with E-state index in [0.29, 0.717) is 17.8 Å². The summed E-state index contributed by atoms with van der Waals surface area (Å²) in [4.78, 5) is 18.6. The predicted octanol–water partition coefficient (Wildman–Crippen LogP) is 2.90. The van der Waals surface area contributed by atoms with Crippen LogP contribution in [0.25, 0.3) is 11.0 Å². The summed E-state index contributed by atoms with van der Waals surface area (Å²) in [7, 11) is 0. The molecule has 0 aliphatic rings. The molecule has 1 N–H and O–H groups in total. The van der Waals surface area contributed by atoms with Gasteiger partial charge in [0.05, 0.1) is 12.1 Å². The Balaban J connectivity index is 2.44. The molecule has 0 radical (unpaired) electrons. The van der Waals surface area contributed by atoms with E-state index in [1.54, 1.807) is 13.8 Å². The molecule has 102 valence electrons. The van der Waals surface area contributed by atoms with Crippen LogP contribution in [0.15, 0.2) is 12.1 Å². The Morgan fingerprint density at radius 3 is 2.79 bits per heavy atom. The quantitative estimate of drug-likeness (QED) is 0.867. The van der Waals surface area contributed by atoms with E-state index in [2.05, 4.69) is 9.97 Å². The molecule has 0 spiro atoms. The van der Waals surface area contributed by atoms with Crippen LogP contribution in [0.3, 0.4) is 0 Å². The highest BCUT2D eigenvalue weighted by molar-refractivity contribution is 5.81. The van der Waals surface area contributed by atoms with Crippen LogP contribution in [0, 0.1) is 11.6 Å². The Hall–Kier alpha value is -1.98. The molecule has 0 amide bonds. The van der Waals surface area contributed by atoms with Crippen LogP contribution in [0.5, 0.6) is 0 Å². The van der Waals surface area contributed by atoms with E-state index < -0.39 is 23.5 Å². The van der Waals surface area contributed by atoms with Gasteiger partial charge in [-0.05, 0) is 25.5 Å². The number of fused-ring (bicyclic) bond motifs is 1. The summed E-state index contributed by atoms with van der Waals surface area (Å²) in [6, 6.07) is 2.41. The molecule has 1 heterocycles. The Morgan fingerprint density at radius 2 is 2.16 bits per heavy atom. The van der Waals surface area contributed by atoms with Gasteiger partial charge in [-0.15, -0.1) is 0 Å². The average molecular weight is 268 g/mol. The molecule has 19 heavy (non-hydrogen) atoms. The first kappa shape index (κ1) is 13.5. The lowest BCUT2D eigenvalue weighted by Crippen LogP contribution is -2.16. The van der Waals surface area contributed by atoms with Crippen LogP contribution in [0.4, 0.5) is 8.78 Å². The zero-order valence-electron chi connectivity index (χ0n) is 10.7. The van der Waals surface area contributed by atoms with E-state index in [9.17, 15) is 13.6 Å².